The number of fused-ring (bicyclic) bond motifs is 1. The molecule has 0 fully saturated rings. The molecule has 5 nitrogen and oxygen atoms in total. The van der Waals surface area contributed by atoms with E-state index in [1.165, 1.54) is 12.1 Å². The monoisotopic (exact) mass is 342 g/mol. The Bertz CT molecular complexity index is 807. The van der Waals surface area contributed by atoms with Crippen LogP contribution < -0.4 is 15.0 Å². The summed E-state index contributed by atoms with van der Waals surface area (Å²) in [6, 6.07) is 11.7. The van der Waals surface area contributed by atoms with Gasteiger partial charge in [-0.25, -0.2) is 4.39 Å². The van der Waals surface area contributed by atoms with Crippen LogP contribution >= 0.6 is 0 Å². The minimum Gasteiger partial charge on any atom is -0.482 e. The number of hydrogen-bond donors (Lipinski definition) is 1. The van der Waals surface area contributed by atoms with Crippen molar-refractivity contribution in [3.05, 3.63) is 59.4 Å². The molecule has 1 N–H and O–H groups in total. The van der Waals surface area contributed by atoms with Crippen molar-refractivity contribution in [3.8, 4) is 5.75 Å². The smallest absolute Gasteiger partial charge is 0.264 e. The van der Waals surface area contributed by atoms with Crippen molar-refractivity contribution in [2.24, 2.45) is 0 Å². The average Bonchev–Trinajstić information content (AvgIpc) is 2.61. The van der Waals surface area contributed by atoms with Crippen LogP contribution in [0.2, 0.25) is 0 Å². The van der Waals surface area contributed by atoms with Gasteiger partial charge < -0.3 is 15.0 Å². The molecular weight excluding hydrogens is 323 g/mol. The quantitative estimate of drug-likeness (QED) is 0.908. The number of likely N-dealkylation sites (N-methyl/N-ethyl adjacent to an activating group) is 1. The highest BCUT2D eigenvalue weighted by atomic mass is 19.1. The van der Waals surface area contributed by atoms with E-state index in [0.29, 0.717) is 24.4 Å². The zero-order valence-electron chi connectivity index (χ0n) is 13.9. The number of halogens is 1. The Labute approximate surface area is 145 Å². The number of nitrogens with zero attached hydrogens (tertiary/aromatic N) is 1. The van der Waals surface area contributed by atoms with E-state index in [0.717, 1.165) is 11.1 Å². The van der Waals surface area contributed by atoms with Crippen LogP contribution in [0.1, 0.15) is 17.5 Å². The zero-order valence-corrected chi connectivity index (χ0v) is 13.9. The molecule has 0 aliphatic carbocycles. The van der Waals surface area contributed by atoms with E-state index in [-0.39, 0.29) is 30.7 Å². The van der Waals surface area contributed by atoms with Crippen molar-refractivity contribution in [1.82, 2.24) is 5.32 Å². The van der Waals surface area contributed by atoms with Crippen molar-refractivity contribution < 1.29 is 18.7 Å². The average molecular weight is 342 g/mol. The third-order valence-electron chi connectivity index (χ3n) is 4.13. The second kappa shape index (κ2) is 7.34. The Hall–Kier alpha value is -2.89. The molecule has 2 aromatic rings. The molecule has 130 valence electrons. The van der Waals surface area contributed by atoms with Crippen LogP contribution in [0.15, 0.2) is 42.5 Å². The van der Waals surface area contributed by atoms with Gasteiger partial charge in [0.2, 0.25) is 5.91 Å². The first kappa shape index (κ1) is 17.0. The summed E-state index contributed by atoms with van der Waals surface area (Å²) in [5.74, 6) is 0.141. The van der Waals surface area contributed by atoms with Crippen molar-refractivity contribution >= 4 is 17.5 Å². The van der Waals surface area contributed by atoms with Crippen LogP contribution in [-0.2, 0) is 22.6 Å². The summed E-state index contributed by atoms with van der Waals surface area (Å²) in [6.07, 6.45) is 0.773. The normalized spacial score (nSPS) is 13.2. The van der Waals surface area contributed by atoms with Gasteiger partial charge in [0.1, 0.15) is 11.6 Å². The fraction of sp³-hybridized carbons (Fsp3) is 0.263. The highest BCUT2D eigenvalue weighted by molar-refractivity contribution is 5.97. The Morgan fingerprint density at radius 1 is 1.24 bits per heavy atom. The van der Waals surface area contributed by atoms with Gasteiger partial charge in [-0.2, -0.15) is 0 Å². The van der Waals surface area contributed by atoms with Gasteiger partial charge in [-0.1, -0.05) is 18.2 Å². The van der Waals surface area contributed by atoms with E-state index in [1.807, 2.05) is 12.1 Å². The van der Waals surface area contributed by atoms with E-state index < -0.39 is 0 Å². The molecule has 1 aliphatic rings. The molecule has 25 heavy (non-hydrogen) atoms. The summed E-state index contributed by atoms with van der Waals surface area (Å²) >= 11 is 0. The molecule has 6 heteroatoms. The van der Waals surface area contributed by atoms with Gasteiger partial charge in [0.05, 0.1) is 5.69 Å². The Kier molecular flexibility index (Phi) is 4.97. The van der Waals surface area contributed by atoms with E-state index in [4.69, 9.17) is 4.74 Å². The number of aryl methyl sites for hydroxylation is 1. The predicted octanol–water partition coefficient (Wildman–Crippen LogP) is 2.43. The fourth-order valence-electron chi connectivity index (χ4n) is 2.67. The number of amides is 2. The fourth-order valence-corrected chi connectivity index (χ4v) is 2.67. The molecule has 0 radical (unpaired) electrons. The Morgan fingerprint density at radius 2 is 2.08 bits per heavy atom. The summed E-state index contributed by atoms with van der Waals surface area (Å²) in [6.45, 7) is 0.400. The van der Waals surface area contributed by atoms with Crippen LogP contribution in [0, 0.1) is 5.82 Å². The van der Waals surface area contributed by atoms with E-state index in [2.05, 4.69) is 5.32 Å². The lowest BCUT2D eigenvalue weighted by molar-refractivity contribution is -0.121. The Morgan fingerprint density at radius 3 is 2.88 bits per heavy atom. The lowest BCUT2D eigenvalue weighted by atomic mass is 10.1. The molecular formula is C19H19FN2O3. The lowest BCUT2D eigenvalue weighted by Crippen LogP contribution is -2.35. The number of rotatable bonds is 5. The van der Waals surface area contributed by atoms with Gasteiger partial charge in [-0.05, 0) is 41.8 Å². The topological polar surface area (TPSA) is 58.6 Å². The SMILES string of the molecule is CN1C(=O)COc2ccc(CNC(=O)CCc3cccc(F)c3)cc21. The van der Waals surface area contributed by atoms with Gasteiger partial charge in [-0.15, -0.1) is 0 Å². The van der Waals surface area contributed by atoms with Crippen molar-refractivity contribution in [1.29, 1.82) is 0 Å². The minimum absolute atomic E-state index is 0.0413. The summed E-state index contributed by atoms with van der Waals surface area (Å²) in [4.78, 5) is 25.2. The molecule has 2 amide bonds. The van der Waals surface area contributed by atoms with E-state index in [1.54, 1.807) is 30.1 Å². The molecule has 0 atom stereocenters. The van der Waals surface area contributed by atoms with Crippen LogP contribution in [0.3, 0.4) is 0 Å². The standard InChI is InChI=1S/C19H19FN2O3/c1-22-16-10-14(5-7-17(16)25-12-19(22)24)11-21-18(23)8-6-13-3-2-4-15(20)9-13/h2-5,7,9-10H,6,8,11-12H2,1H3,(H,21,23). The number of carbonyl (C=O) groups excluding carboxylic acids is 2. The molecule has 0 unspecified atom stereocenters. The molecule has 0 saturated heterocycles. The molecule has 2 aromatic carbocycles. The van der Waals surface area contributed by atoms with Crippen LogP contribution in [0.25, 0.3) is 0 Å². The maximum Gasteiger partial charge on any atom is 0.264 e. The number of anilines is 1. The molecule has 1 heterocycles. The van der Waals surface area contributed by atoms with Crippen LogP contribution in [-0.4, -0.2) is 25.5 Å². The third-order valence-corrected chi connectivity index (χ3v) is 4.13. The first-order valence-electron chi connectivity index (χ1n) is 8.06. The first-order chi connectivity index (χ1) is 12.0. The predicted molar refractivity (Wildman–Crippen MR) is 91.9 cm³/mol. The van der Waals surface area contributed by atoms with Gasteiger partial charge in [0.15, 0.2) is 6.61 Å². The van der Waals surface area contributed by atoms with Crippen LogP contribution in [0.5, 0.6) is 5.75 Å². The van der Waals surface area contributed by atoms with Crippen molar-refractivity contribution in [2.45, 2.75) is 19.4 Å². The van der Waals surface area contributed by atoms with Gasteiger partial charge in [-0.3, -0.25) is 9.59 Å². The Balaban J connectivity index is 1.55. The maximum atomic E-state index is 13.1. The molecule has 0 bridgehead atoms. The van der Waals surface area contributed by atoms with Gasteiger partial charge >= 0.3 is 0 Å². The second-order valence-corrected chi connectivity index (χ2v) is 5.95. The van der Waals surface area contributed by atoms with Crippen LogP contribution in [0.4, 0.5) is 10.1 Å². The number of nitrogens with one attached hydrogen (secondary N) is 1. The summed E-state index contributed by atoms with van der Waals surface area (Å²) < 4.78 is 18.5. The van der Waals surface area contributed by atoms with Crippen molar-refractivity contribution in [2.75, 3.05) is 18.6 Å². The van der Waals surface area contributed by atoms with Gasteiger partial charge in [0, 0.05) is 20.0 Å². The van der Waals surface area contributed by atoms with E-state index in [9.17, 15) is 14.0 Å². The molecule has 3 rings (SSSR count). The summed E-state index contributed by atoms with van der Waals surface area (Å²) in [5, 5.41) is 2.84. The molecule has 0 spiro atoms. The highest BCUT2D eigenvalue weighted by Gasteiger charge is 2.22. The lowest BCUT2D eigenvalue weighted by Gasteiger charge is -2.26. The third kappa shape index (κ3) is 4.15. The van der Waals surface area contributed by atoms with Gasteiger partial charge in [0.25, 0.3) is 5.91 Å². The summed E-state index contributed by atoms with van der Waals surface area (Å²) in [5.41, 5.74) is 2.37. The number of carbonyl (C=O) groups is 2. The van der Waals surface area contributed by atoms with E-state index >= 15 is 0 Å². The summed E-state index contributed by atoms with van der Waals surface area (Å²) in [7, 11) is 1.70. The molecule has 1 aliphatic heterocycles. The number of benzene rings is 2. The largest absolute Gasteiger partial charge is 0.482 e. The molecule has 0 aromatic heterocycles. The zero-order chi connectivity index (χ0) is 17.8. The second-order valence-electron chi connectivity index (χ2n) is 5.95. The number of ether oxygens (including phenoxy) is 1. The first-order valence-corrected chi connectivity index (χ1v) is 8.06. The van der Waals surface area contributed by atoms with Crippen molar-refractivity contribution in [3.63, 3.8) is 0 Å². The highest BCUT2D eigenvalue weighted by Crippen LogP contribution is 2.31. The minimum atomic E-state index is -0.298. The number of hydrogen-bond acceptors (Lipinski definition) is 3. The molecule has 0 saturated carbocycles. The maximum absolute atomic E-state index is 13.1.